The van der Waals surface area contributed by atoms with E-state index >= 15 is 0 Å². The molecule has 25 heavy (non-hydrogen) atoms. The van der Waals surface area contributed by atoms with E-state index in [1.165, 1.54) is 6.07 Å². The van der Waals surface area contributed by atoms with E-state index in [2.05, 4.69) is 5.32 Å². The molecular formula is C19H20ClFN2O2. The standard InChI is InChI=1S/C19H20ClFN2O2/c20-16-7-3-8-17(21)15(16)11-22-18-9-2-1-6-14(18)19(25)23-10-4-5-13(24)12-23/h1-3,6-9,13,22,24H,4-5,10-12H2/t13-/m0/s1. The van der Waals surface area contributed by atoms with Crippen LogP contribution in [0.2, 0.25) is 5.02 Å². The summed E-state index contributed by atoms with van der Waals surface area (Å²) in [5, 5.41) is 13.2. The maximum atomic E-state index is 13.9. The first kappa shape index (κ1) is 17.7. The zero-order valence-corrected chi connectivity index (χ0v) is 14.5. The van der Waals surface area contributed by atoms with Gasteiger partial charge in [-0.1, -0.05) is 29.8 Å². The smallest absolute Gasteiger partial charge is 0.256 e. The van der Waals surface area contributed by atoms with Crippen LogP contribution in [0.5, 0.6) is 0 Å². The highest BCUT2D eigenvalue weighted by Gasteiger charge is 2.24. The maximum Gasteiger partial charge on any atom is 0.256 e. The van der Waals surface area contributed by atoms with E-state index in [1.807, 2.05) is 6.07 Å². The molecule has 1 fully saturated rings. The SMILES string of the molecule is O=C(c1ccccc1NCc1c(F)cccc1Cl)N1CCC[C@H](O)C1. The summed E-state index contributed by atoms with van der Waals surface area (Å²) in [6, 6.07) is 11.7. The Morgan fingerprint density at radius 2 is 2.08 bits per heavy atom. The second kappa shape index (κ2) is 7.85. The van der Waals surface area contributed by atoms with Crippen molar-refractivity contribution in [1.29, 1.82) is 0 Å². The molecule has 0 bridgehead atoms. The predicted molar refractivity (Wildman–Crippen MR) is 96.3 cm³/mol. The number of nitrogens with one attached hydrogen (secondary N) is 1. The van der Waals surface area contributed by atoms with Crippen molar-refractivity contribution in [3.8, 4) is 0 Å². The van der Waals surface area contributed by atoms with Crippen LogP contribution in [0.1, 0.15) is 28.8 Å². The van der Waals surface area contributed by atoms with Crippen LogP contribution in [0.15, 0.2) is 42.5 Å². The Labute approximate surface area is 151 Å². The van der Waals surface area contributed by atoms with Gasteiger partial charge in [0.2, 0.25) is 0 Å². The number of halogens is 2. The Hall–Kier alpha value is -2.11. The summed E-state index contributed by atoms with van der Waals surface area (Å²) in [5.41, 5.74) is 1.48. The van der Waals surface area contributed by atoms with Gasteiger partial charge in [-0.3, -0.25) is 4.79 Å². The average Bonchev–Trinajstić information content (AvgIpc) is 2.61. The molecule has 6 heteroatoms. The molecule has 4 nitrogen and oxygen atoms in total. The molecule has 1 aliphatic heterocycles. The number of nitrogens with zero attached hydrogens (tertiary/aromatic N) is 1. The second-order valence-corrected chi connectivity index (χ2v) is 6.55. The lowest BCUT2D eigenvalue weighted by atomic mass is 10.1. The summed E-state index contributed by atoms with van der Waals surface area (Å²) in [5.74, 6) is -0.524. The number of rotatable bonds is 4. The van der Waals surface area contributed by atoms with Gasteiger partial charge in [0.15, 0.2) is 0 Å². The van der Waals surface area contributed by atoms with Crippen molar-refractivity contribution in [3.05, 3.63) is 64.4 Å². The van der Waals surface area contributed by atoms with E-state index in [1.54, 1.807) is 35.2 Å². The third-order valence-corrected chi connectivity index (χ3v) is 4.71. The number of anilines is 1. The summed E-state index contributed by atoms with van der Waals surface area (Å²) in [6.07, 6.45) is 1.03. The number of β-amino-alcohol motifs (C(OH)–C–C–N with tert-alkyl or cyclic N) is 1. The lowest BCUT2D eigenvalue weighted by molar-refractivity contribution is 0.0474. The van der Waals surface area contributed by atoms with Gasteiger partial charge in [0.05, 0.1) is 11.7 Å². The molecule has 2 aromatic carbocycles. The second-order valence-electron chi connectivity index (χ2n) is 6.15. The van der Waals surface area contributed by atoms with Crippen LogP contribution >= 0.6 is 11.6 Å². The molecule has 2 N–H and O–H groups in total. The first-order valence-corrected chi connectivity index (χ1v) is 8.67. The molecule has 1 saturated heterocycles. The Balaban J connectivity index is 1.78. The van der Waals surface area contributed by atoms with Gasteiger partial charge in [0.25, 0.3) is 5.91 Å². The molecule has 0 unspecified atom stereocenters. The minimum Gasteiger partial charge on any atom is -0.391 e. The highest BCUT2D eigenvalue weighted by molar-refractivity contribution is 6.31. The number of hydrogen-bond acceptors (Lipinski definition) is 3. The summed E-state index contributed by atoms with van der Waals surface area (Å²) >= 11 is 6.05. The van der Waals surface area contributed by atoms with Gasteiger partial charge < -0.3 is 15.3 Å². The molecule has 1 amide bonds. The molecule has 3 rings (SSSR count). The van der Waals surface area contributed by atoms with Gasteiger partial charge in [-0.2, -0.15) is 0 Å². The summed E-state index contributed by atoms with van der Waals surface area (Å²) in [7, 11) is 0. The van der Waals surface area contributed by atoms with Gasteiger partial charge in [0, 0.05) is 35.9 Å². The van der Waals surface area contributed by atoms with E-state index in [9.17, 15) is 14.3 Å². The largest absolute Gasteiger partial charge is 0.391 e. The normalized spacial score (nSPS) is 17.4. The fraction of sp³-hybridized carbons (Fsp3) is 0.316. The van der Waals surface area contributed by atoms with Crippen molar-refractivity contribution in [3.63, 3.8) is 0 Å². The monoisotopic (exact) mass is 362 g/mol. The topological polar surface area (TPSA) is 52.6 Å². The number of piperidine rings is 1. The molecule has 0 aliphatic carbocycles. The number of benzene rings is 2. The number of para-hydroxylation sites is 1. The van der Waals surface area contributed by atoms with Crippen LogP contribution in [0, 0.1) is 5.82 Å². The summed E-state index contributed by atoms with van der Waals surface area (Å²) in [6.45, 7) is 1.15. The lowest BCUT2D eigenvalue weighted by Crippen LogP contribution is -2.42. The molecule has 2 aromatic rings. The van der Waals surface area contributed by atoms with Gasteiger partial charge in [-0.05, 0) is 37.1 Å². The number of likely N-dealkylation sites (tertiary alicyclic amines) is 1. The van der Waals surface area contributed by atoms with Crippen molar-refractivity contribution < 1.29 is 14.3 Å². The summed E-state index contributed by atoms with van der Waals surface area (Å²) in [4.78, 5) is 14.4. The van der Waals surface area contributed by atoms with E-state index in [0.717, 1.165) is 12.8 Å². The zero-order chi connectivity index (χ0) is 17.8. The molecule has 132 valence electrons. The van der Waals surface area contributed by atoms with Crippen molar-refractivity contribution in [2.45, 2.75) is 25.5 Å². The zero-order valence-electron chi connectivity index (χ0n) is 13.7. The van der Waals surface area contributed by atoms with Crippen LogP contribution in [-0.2, 0) is 6.54 Å². The third kappa shape index (κ3) is 4.11. The maximum absolute atomic E-state index is 13.9. The minimum atomic E-state index is -0.477. The molecule has 1 aliphatic rings. The number of aliphatic hydroxyl groups is 1. The lowest BCUT2D eigenvalue weighted by Gasteiger charge is -2.30. The van der Waals surface area contributed by atoms with Crippen LogP contribution in [-0.4, -0.2) is 35.1 Å². The Morgan fingerprint density at radius 1 is 1.28 bits per heavy atom. The van der Waals surface area contributed by atoms with Crippen LogP contribution < -0.4 is 5.32 Å². The third-order valence-electron chi connectivity index (χ3n) is 4.36. The highest BCUT2D eigenvalue weighted by atomic mass is 35.5. The van der Waals surface area contributed by atoms with Gasteiger partial charge in [-0.15, -0.1) is 0 Å². The number of carbonyl (C=O) groups is 1. The highest BCUT2D eigenvalue weighted by Crippen LogP contribution is 2.23. The summed E-state index contributed by atoms with van der Waals surface area (Å²) < 4.78 is 13.9. The Kier molecular flexibility index (Phi) is 5.56. The molecule has 0 aromatic heterocycles. The van der Waals surface area contributed by atoms with Crippen LogP contribution in [0.3, 0.4) is 0 Å². The molecule has 1 atom stereocenters. The molecule has 0 saturated carbocycles. The Bertz CT molecular complexity index is 749. The predicted octanol–water partition coefficient (Wildman–Crippen LogP) is 3.69. The fourth-order valence-corrected chi connectivity index (χ4v) is 3.25. The van der Waals surface area contributed by atoms with E-state index < -0.39 is 6.10 Å². The van der Waals surface area contributed by atoms with Gasteiger partial charge in [0.1, 0.15) is 5.82 Å². The van der Waals surface area contributed by atoms with Crippen LogP contribution in [0.25, 0.3) is 0 Å². The molecule has 0 radical (unpaired) electrons. The molecule has 1 heterocycles. The minimum absolute atomic E-state index is 0.138. The van der Waals surface area contributed by atoms with Crippen LogP contribution in [0.4, 0.5) is 10.1 Å². The number of carbonyl (C=O) groups excluding carboxylic acids is 1. The van der Waals surface area contributed by atoms with E-state index in [0.29, 0.717) is 34.9 Å². The first-order chi connectivity index (χ1) is 12.1. The Morgan fingerprint density at radius 3 is 2.84 bits per heavy atom. The van der Waals surface area contributed by atoms with Crippen molar-refractivity contribution in [2.75, 3.05) is 18.4 Å². The number of amides is 1. The van der Waals surface area contributed by atoms with Crippen molar-refractivity contribution >= 4 is 23.2 Å². The van der Waals surface area contributed by atoms with E-state index in [-0.39, 0.29) is 18.3 Å². The fourth-order valence-electron chi connectivity index (χ4n) is 3.02. The van der Waals surface area contributed by atoms with Gasteiger partial charge in [-0.25, -0.2) is 4.39 Å². The van der Waals surface area contributed by atoms with Crippen molar-refractivity contribution in [1.82, 2.24) is 4.90 Å². The molecule has 0 spiro atoms. The van der Waals surface area contributed by atoms with Crippen molar-refractivity contribution in [2.24, 2.45) is 0 Å². The quantitative estimate of drug-likeness (QED) is 0.872. The van der Waals surface area contributed by atoms with Gasteiger partial charge >= 0.3 is 0 Å². The number of hydrogen-bond donors (Lipinski definition) is 2. The average molecular weight is 363 g/mol. The molecular weight excluding hydrogens is 343 g/mol. The number of aliphatic hydroxyl groups excluding tert-OH is 1. The van der Waals surface area contributed by atoms with E-state index in [4.69, 9.17) is 11.6 Å². The first-order valence-electron chi connectivity index (χ1n) is 8.29.